The number of rotatable bonds is 3. The maximum atomic E-state index is 12.5. The smallest absolute Gasteiger partial charge is 0.321 e. The molecule has 0 radical (unpaired) electrons. The highest BCUT2D eigenvalue weighted by Crippen LogP contribution is 2.13. The van der Waals surface area contributed by atoms with Gasteiger partial charge in [0.15, 0.2) is 0 Å². The number of amides is 3. The van der Waals surface area contributed by atoms with Crippen LogP contribution in [0, 0.1) is 6.92 Å². The minimum Gasteiger partial charge on any atom is -0.337 e. The van der Waals surface area contributed by atoms with Crippen molar-refractivity contribution in [2.75, 3.05) is 31.5 Å². The van der Waals surface area contributed by atoms with Crippen molar-refractivity contribution in [3.63, 3.8) is 0 Å². The maximum absolute atomic E-state index is 12.5. The van der Waals surface area contributed by atoms with Gasteiger partial charge in [-0.15, -0.1) is 0 Å². The summed E-state index contributed by atoms with van der Waals surface area (Å²) in [4.78, 5) is 28.4. The number of carbonyl (C=O) groups is 2. The van der Waals surface area contributed by atoms with E-state index in [9.17, 15) is 9.59 Å². The molecule has 0 unspecified atom stereocenters. The molecule has 7 nitrogen and oxygen atoms in total. The highest BCUT2D eigenvalue weighted by atomic mass is 16.2. The second kappa shape index (κ2) is 7.38. The zero-order chi connectivity index (χ0) is 17.8. The molecule has 3 amide bonds. The molecule has 0 spiro atoms. The largest absolute Gasteiger partial charge is 0.337 e. The summed E-state index contributed by atoms with van der Waals surface area (Å²) in [6.45, 7) is 5.96. The molecule has 2 heterocycles. The minimum absolute atomic E-state index is 0.0299. The van der Waals surface area contributed by atoms with Crippen molar-refractivity contribution in [3.8, 4) is 0 Å². The number of aromatic nitrogens is 2. The Kier molecular flexibility index (Phi) is 5.02. The monoisotopic (exact) mass is 341 g/mol. The number of nitrogens with one attached hydrogen (secondary N) is 1. The summed E-state index contributed by atoms with van der Waals surface area (Å²) >= 11 is 0. The average Bonchev–Trinajstić information content (AvgIpc) is 3.17. The van der Waals surface area contributed by atoms with E-state index in [0.717, 1.165) is 11.3 Å². The minimum atomic E-state index is -0.331. The molecule has 0 saturated carbocycles. The quantitative estimate of drug-likeness (QED) is 0.930. The van der Waals surface area contributed by atoms with Gasteiger partial charge in [-0.25, -0.2) is 4.79 Å². The number of benzene rings is 1. The molecule has 1 atom stereocenters. The van der Waals surface area contributed by atoms with Crippen LogP contribution in [0.1, 0.15) is 18.5 Å². The van der Waals surface area contributed by atoms with E-state index in [0.29, 0.717) is 26.2 Å². The van der Waals surface area contributed by atoms with Crippen molar-refractivity contribution in [3.05, 3.63) is 48.3 Å². The summed E-state index contributed by atoms with van der Waals surface area (Å²) in [6, 6.07) is 9.04. The molecule has 0 bridgehead atoms. The topological polar surface area (TPSA) is 70.5 Å². The Morgan fingerprint density at radius 1 is 1.08 bits per heavy atom. The molecule has 3 rings (SSSR count). The van der Waals surface area contributed by atoms with Crippen molar-refractivity contribution in [2.24, 2.45) is 0 Å². The van der Waals surface area contributed by atoms with Gasteiger partial charge in [-0.05, 0) is 32.0 Å². The van der Waals surface area contributed by atoms with Gasteiger partial charge in [0.2, 0.25) is 5.91 Å². The third-order valence-electron chi connectivity index (χ3n) is 4.46. The molecule has 1 aromatic carbocycles. The van der Waals surface area contributed by atoms with E-state index in [2.05, 4.69) is 10.4 Å². The van der Waals surface area contributed by atoms with Crippen LogP contribution >= 0.6 is 0 Å². The fourth-order valence-corrected chi connectivity index (χ4v) is 2.86. The van der Waals surface area contributed by atoms with Crippen LogP contribution in [0.5, 0.6) is 0 Å². The van der Waals surface area contributed by atoms with Crippen LogP contribution in [0.3, 0.4) is 0 Å². The predicted octanol–water partition coefficient (Wildman–Crippen LogP) is 2.13. The Bertz CT molecular complexity index is 718. The molecule has 25 heavy (non-hydrogen) atoms. The van der Waals surface area contributed by atoms with Crippen molar-refractivity contribution < 1.29 is 9.59 Å². The summed E-state index contributed by atoms with van der Waals surface area (Å²) in [6.07, 6.45) is 3.45. The molecule has 1 aliphatic rings. The summed E-state index contributed by atoms with van der Waals surface area (Å²) in [5.74, 6) is 0.0299. The van der Waals surface area contributed by atoms with E-state index < -0.39 is 0 Å². The van der Waals surface area contributed by atoms with Gasteiger partial charge in [-0.2, -0.15) is 5.10 Å². The number of hydrogen-bond donors (Lipinski definition) is 1. The van der Waals surface area contributed by atoms with Crippen LogP contribution in [0.15, 0.2) is 42.7 Å². The summed E-state index contributed by atoms with van der Waals surface area (Å²) in [5, 5.41) is 7.02. The summed E-state index contributed by atoms with van der Waals surface area (Å²) in [7, 11) is 0. The lowest BCUT2D eigenvalue weighted by atomic mass is 10.2. The van der Waals surface area contributed by atoms with Crippen LogP contribution < -0.4 is 5.32 Å². The molecule has 1 saturated heterocycles. The fourth-order valence-electron chi connectivity index (χ4n) is 2.86. The fraction of sp³-hybridized carbons (Fsp3) is 0.389. The number of hydrogen-bond acceptors (Lipinski definition) is 3. The second-order valence-electron chi connectivity index (χ2n) is 6.27. The number of urea groups is 1. The molecule has 1 fully saturated rings. The standard InChI is InChI=1S/C18H23N5O2/c1-14-4-6-16(7-5-14)20-18(25)22-12-10-21(11-13-22)17(24)15(2)23-9-3-8-19-23/h3-9,15H,10-13H2,1-2H3,(H,20,25)/t15-/m0/s1. The van der Waals surface area contributed by atoms with E-state index in [1.54, 1.807) is 32.9 Å². The molecule has 2 aromatic rings. The Hall–Kier alpha value is -2.83. The lowest BCUT2D eigenvalue weighted by molar-refractivity contribution is -0.136. The number of carbonyl (C=O) groups excluding carboxylic acids is 2. The van der Waals surface area contributed by atoms with Gasteiger partial charge in [0.25, 0.3) is 0 Å². The average molecular weight is 341 g/mol. The first-order valence-electron chi connectivity index (χ1n) is 8.45. The normalized spacial score (nSPS) is 15.8. The van der Waals surface area contributed by atoms with Gasteiger partial charge < -0.3 is 15.1 Å². The van der Waals surface area contributed by atoms with E-state index in [1.807, 2.05) is 38.1 Å². The zero-order valence-corrected chi connectivity index (χ0v) is 14.6. The van der Waals surface area contributed by atoms with Crippen molar-refractivity contribution >= 4 is 17.6 Å². The van der Waals surface area contributed by atoms with Gasteiger partial charge in [0.1, 0.15) is 6.04 Å². The Morgan fingerprint density at radius 2 is 1.72 bits per heavy atom. The predicted molar refractivity (Wildman–Crippen MR) is 95.3 cm³/mol. The lowest BCUT2D eigenvalue weighted by Crippen LogP contribution is -2.52. The van der Waals surface area contributed by atoms with Crippen LogP contribution in [0.2, 0.25) is 0 Å². The summed E-state index contributed by atoms with van der Waals surface area (Å²) < 4.78 is 1.65. The maximum Gasteiger partial charge on any atom is 0.321 e. The molecular formula is C18H23N5O2. The lowest BCUT2D eigenvalue weighted by Gasteiger charge is -2.35. The van der Waals surface area contributed by atoms with E-state index in [1.165, 1.54) is 0 Å². The number of aryl methyl sites for hydroxylation is 1. The van der Waals surface area contributed by atoms with E-state index >= 15 is 0 Å². The van der Waals surface area contributed by atoms with E-state index in [4.69, 9.17) is 0 Å². The second-order valence-corrected chi connectivity index (χ2v) is 6.27. The van der Waals surface area contributed by atoms with Crippen LogP contribution in [-0.2, 0) is 4.79 Å². The number of piperazine rings is 1. The molecule has 0 aliphatic carbocycles. The van der Waals surface area contributed by atoms with Gasteiger partial charge in [0.05, 0.1) is 0 Å². The van der Waals surface area contributed by atoms with Gasteiger partial charge in [-0.1, -0.05) is 17.7 Å². The van der Waals surface area contributed by atoms with Crippen molar-refractivity contribution in [2.45, 2.75) is 19.9 Å². The van der Waals surface area contributed by atoms with E-state index in [-0.39, 0.29) is 18.0 Å². The molecule has 1 aromatic heterocycles. The first kappa shape index (κ1) is 17.0. The first-order valence-corrected chi connectivity index (χ1v) is 8.45. The SMILES string of the molecule is Cc1ccc(NC(=O)N2CCN(C(=O)[C@H](C)n3cccn3)CC2)cc1. The van der Waals surface area contributed by atoms with Gasteiger partial charge in [-0.3, -0.25) is 9.48 Å². The number of anilines is 1. The van der Waals surface area contributed by atoms with Crippen molar-refractivity contribution in [1.82, 2.24) is 19.6 Å². The zero-order valence-electron chi connectivity index (χ0n) is 14.6. The van der Waals surface area contributed by atoms with Gasteiger partial charge in [0, 0.05) is 44.3 Å². The molecule has 132 valence electrons. The molecular weight excluding hydrogens is 318 g/mol. The van der Waals surface area contributed by atoms with Crippen LogP contribution in [0.25, 0.3) is 0 Å². The number of nitrogens with zero attached hydrogens (tertiary/aromatic N) is 4. The summed E-state index contributed by atoms with van der Waals surface area (Å²) in [5.41, 5.74) is 1.93. The Balaban J connectivity index is 1.52. The van der Waals surface area contributed by atoms with Crippen LogP contribution in [-0.4, -0.2) is 57.7 Å². The first-order chi connectivity index (χ1) is 12.0. The molecule has 1 aliphatic heterocycles. The molecule has 7 heteroatoms. The highest BCUT2D eigenvalue weighted by molar-refractivity contribution is 5.89. The molecule has 1 N–H and O–H groups in total. The Morgan fingerprint density at radius 3 is 2.32 bits per heavy atom. The highest BCUT2D eigenvalue weighted by Gasteiger charge is 2.27. The third-order valence-corrected chi connectivity index (χ3v) is 4.46. The van der Waals surface area contributed by atoms with Gasteiger partial charge >= 0.3 is 6.03 Å². The third kappa shape index (κ3) is 3.99. The van der Waals surface area contributed by atoms with Crippen LogP contribution in [0.4, 0.5) is 10.5 Å². The Labute approximate surface area is 147 Å². The van der Waals surface area contributed by atoms with Crippen molar-refractivity contribution in [1.29, 1.82) is 0 Å².